The number of hydrazine groups is 1. The van der Waals surface area contributed by atoms with Gasteiger partial charge in [0.15, 0.2) is 0 Å². The first-order valence-corrected chi connectivity index (χ1v) is 6.53. The lowest BCUT2D eigenvalue weighted by molar-refractivity contribution is -0.103. The first kappa shape index (κ1) is 10.9. The van der Waals surface area contributed by atoms with Gasteiger partial charge in [0.05, 0.1) is 0 Å². The smallest absolute Gasteiger partial charge is 0.124 e. The van der Waals surface area contributed by atoms with Gasteiger partial charge in [-0.3, -0.25) is 5.43 Å². The van der Waals surface area contributed by atoms with Gasteiger partial charge in [0.2, 0.25) is 0 Å². The highest BCUT2D eigenvalue weighted by Crippen LogP contribution is 2.22. The summed E-state index contributed by atoms with van der Waals surface area (Å²) >= 11 is 3.68. The van der Waals surface area contributed by atoms with Gasteiger partial charge in [-0.1, -0.05) is 22.4 Å². The lowest BCUT2D eigenvalue weighted by Crippen LogP contribution is -2.49. The van der Waals surface area contributed by atoms with Crippen molar-refractivity contribution >= 4 is 15.9 Å². The Kier molecular flexibility index (Phi) is 4.23. The second kappa shape index (κ2) is 5.45. The molecule has 2 saturated heterocycles. The van der Waals surface area contributed by atoms with Gasteiger partial charge in [0, 0.05) is 30.9 Å². The maximum absolute atomic E-state index is 5.78. The summed E-state index contributed by atoms with van der Waals surface area (Å²) in [6.45, 7) is 3.12. The molecule has 14 heavy (non-hydrogen) atoms. The normalized spacial score (nSPS) is 36.6. The fourth-order valence-corrected chi connectivity index (χ4v) is 2.59. The Morgan fingerprint density at radius 3 is 3.07 bits per heavy atom. The summed E-state index contributed by atoms with van der Waals surface area (Å²) in [5, 5.41) is 2.29. The van der Waals surface area contributed by atoms with Gasteiger partial charge in [-0.15, -0.1) is 0 Å². The first-order chi connectivity index (χ1) is 6.86. The molecule has 0 amide bonds. The average molecular weight is 263 g/mol. The van der Waals surface area contributed by atoms with Crippen LogP contribution in [-0.2, 0) is 4.74 Å². The van der Waals surface area contributed by atoms with E-state index < -0.39 is 0 Å². The van der Waals surface area contributed by atoms with E-state index in [0.717, 1.165) is 32.5 Å². The largest absolute Gasteiger partial charge is 0.362 e. The third kappa shape index (κ3) is 2.92. The van der Waals surface area contributed by atoms with Crippen molar-refractivity contribution in [2.24, 2.45) is 0 Å². The molecule has 3 nitrogen and oxygen atoms in total. The van der Waals surface area contributed by atoms with E-state index in [-0.39, 0.29) is 6.23 Å². The molecule has 2 fully saturated rings. The van der Waals surface area contributed by atoms with Gasteiger partial charge < -0.3 is 4.74 Å². The summed E-state index contributed by atoms with van der Waals surface area (Å²) < 4.78 is 5.78. The van der Waals surface area contributed by atoms with Crippen molar-refractivity contribution in [3.63, 3.8) is 0 Å². The Labute approximate surface area is 94.3 Å². The molecule has 0 aliphatic carbocycles. The first-order valence-electron chi connectivity index (χ1n) is 5.62. The Morgan fingerprint density at radius 1 is 1.29 bits per heavy atom. The van der Waals surface area contributed by atoms with Gasteiger partial charge in [0.25, 0.3) is 0 Å². The van der Waals surface area contributed by atoms with E-state index >= 15 is 0 Å². The zero-order valence-corrected chi connectivity index (χ0v) is 10.1. The van der Waals surface area contributed by atoms with Gasteiger partial charge in [-0.25, -0.2) is 5.01 Å². The van der Waals surface area contributed by atoms with Crippen molar-refractivity contribution in [3.05, 3.63) is 0 Å². The minimum absolute atomic E-state index is 0.284. The molecule has 2 heterocycles. The molecule has 2 atom stereocenters. The summed E-state index contributed by atoms with van der Waals surface area (Å²) in [6, 6.07) is 0. The van der Waals surface area contributed by atoms with Crippen molar-refractivity contribution in [2.45, 2.75) is 43.2 Å². The topological polar surface area (TPSA) is 24.5 Å². The summed E-state index contributed by atoms with van der Waals surface area (Å²) in [5.74, 6) is 0. The number of hydrogen-bond acceptors (Lipinski definition) is 3. The molecule has 0 aromatic heterocycles. The molecule has 0 aromatic rings. The highest BCUT2D eigenvalue weighted by Gasteiger charge is 2.26. The zero-order valence-electron chi connectivity index (χ0n) is 8.54. The Morgan fingerprint density at radius 2 is 2.21 bits per heavy atom. The molecule has 2 aliphatic heterocycles. The molecule has 0 radical (unpaired) electrons. The highest BCUT2D eigenvalue weighted by molar-refractivity contribution is 9.09. The van der Waals surface area contributed by atoms with Crippen LogP contribution in [-0.4, -0.2) is 35.8 Å². The summed E-state index contributed by atoms with van der Waals surface area (Å²) in [4.78, 5) is 0.631. The molecule has 82 valence electrons. The molecule has 0 aromatic carbocycles. The van der Waals surface area contributed by atoms with Crippen molar-refractivity contribution in [3.8, 4) is 0 Å². The van der Waals surface area contributed by atoms with E-state index in [1.165, 1.54) is 19.3 Å². The van der Waals surface area contributed by atoms with E-state index in [1.54, 1.807) is 0 Å². The second-order valence-electron chi connectivity index (χ2n) is 4.11. The summed E-state index contributed by atoms with van der Waals surface area (Å²) in [6.07, 6.45) is 6.46. The van der Waals surface area contributed by atoms with Gasteiger partial charge in [-0.05, 0) is 19.3 Å². The highest BCUT2D eigenvalue weighted by atomic mass is 79.9. The van der Waals surface area contributed by atoms with Crippen LogP contribution in [0.1, 0.15) is 32.1 Å². The van der Waals surface area contributed by atoms with Crippen LogP contribution in [0, 0.1) is 0 Å². The molecular formula is C10H19BrN2O. The Hall–Kier alpha value is 0.360. The van der Waals surface area contributed by atoms with Crippen LogP contribution >= 0.6 is 15.9 Å². The second-order valence-corrected chi connectivity index (χ2v) is 5.40. The third-order valence-corrected chi connectivity index (χ3v) is 3.77. The van der Waals surface area contributed by atoms with Crippen LogP contribution in [0.3, 0.4) is 0 Å². The summed E-state index contributed by atoms with van der Waals surface area (Å²) in [7, 11) is 0. The van der Waals surface area contributed by atoms with Crippen molar-refractivity contribution in [1.82, 2.24) is 10.4 Å². The van der Waals surface area contributed by atoms with Gasteiger partial charge in [-0.2, -0.15) is 0 Å². The molecule has 0 bridgehead atoms. The van der Waals surface area contributed by atoms with Crippen LogP contribution in [0.2, 0.25) is 0 Å². The van der Waals surface area contributed by atoms with E-state index in [2.05, 4.69) is 26.4 Å². The molecule has 2 aliphatic rings. The van der Waals surface area contributed by atoms with Gasteiger partial charge >= 0.3 is 0 Å². The Balaban J connectivity index is 1.85. The number of rotatable bonds is 1. The van der Waals surface area contributed by atoms with Crippen LogP contribution in [0.15, 0.2) is 0 Å². The van der Waals surface area contributed by atoms with E-state index in [9.17, 15) is 0 Å². The number of hydrogen-bond donors (Lipinski definition) is 1. The minimum atomic E-state index is 0.284. The lowest BCUT2D eigenvalue weighted by atomic mass is 10.2. The third-order valence-electron chi connectivity index (χ3n) is 2.94. The maximum atomic E-state index is 5.78. The standard InChI is InChI=1S/C10H19BrN2O/c11-9-4-7-14-10(8-9)13-6-3-1-2-5-12-13/h9-10,12H,1-8H2. The van der Waals surface area contributed by atoms with E-state index in [4.69, 9.17) is 4.74 Å². The van der Waals surface area contributed by atoms with E-state index in [0.29, 0.717) is 4.83 Å². The number of nitrogens with zero attached hydrogens (tertiary/aromatic N) is 1. The molecule has 4 heteroatoms. The summed E-state index contributed by atoms with van der Waals surface area (Å²) in [5.41, 5.74) is 3.46. The quantitative estimate of drug-likeness (QED) is 0.731. The van der Waals surface area contributed by atoms with Crippen LogP contribution in [0.25, 0.3) is 0 Å². The molecular weight excluding hydrogens is 244 g/mol. The van der Waals surface area contributed by atoms with Crippen molar-refractivity contribution < 1.29 is 4.74 Å². The number of halogens is 1. The average Bonchev–Trinajstić information content (AvgIpc) is 2.45. The van der Waals surface area contributed by atoms with Crippen LogP contribution in [0.4, 0.5) is 0 Å². The number of ether oxygens (including phenoxy) is 1. The maximum Gasteiger partial charge on any atom is 0.124 e. The van der Waals surface area contributed by atoms with Crippen LogP contribution in [0.5, 0.6) is 0 Å². The van der Waals surface area contributed by atoms with E-state index in [1.807, 2.05) is 0 Å². The fourth-order valence-electron chi connectivity index (χ4n) is 2.09. The lowest BCUT2D eigenvalue weighted by Gasteiger charge is -2.35. The SMILES string of the molecule is BrC1CCOC(N2CCCCCN2)C1. The fraction of sp³-hybridized carbons (Fsp3) is 1.00. The molecule has 0 saturated carbocycles. The van der Waals surface area contributed by atoms with Crippen molar-refractivity contribution in [1.29, 1.82) is 0 Å². The molecule has 2 unspecified atom stereocenters. The number of nitrogens with one attached hydrogen (secondary N) is 1. The number of alkyl halides is 1. The molecule has 0 spiro atoms. The Bertz CT molecular complexity index is 172. The predicted octanol–water partition coefficient (Wildman–Crippen LogP) is 1.88. The minimum Gasteiger partial charge on any atom is -0.362 e. The monoisotopic (exact) mass is 262 g/mol. The molecule has 2 rings (SSSR count). The van der Waals surface area contributed by atoms with Crippen LogP contribution < -0.4 is 5.43 Å². The predicted molar refractivity (Wildman–Crippen MR) is 60.2 cm³/mol. The van der Waals surface area contributed by atoms with Gasteiger partial charge in [0.1, 0.15) is 6.23 Å². The molecule has 1 N–H and O–H groups in total. The van der Waals surface area contributed by atoms with Crippen molar-refractivity contribution in [2.75, 3.05) is 19.7 Å². The zero-order chi connectivity index (χ0) is 9.80.